The second-order valence-electron chi connectivity index (χ2n) is 7.90. The lowest BCUT2D eigenvalue weighted by molar-refractivity contribution is 0.288. The highest BCUT2D eigenvalue weighted by molar-refractivity contribution is 7.89. The maximum Gasteiger partial charge on any atom is 0.257 e. The maximum atomic E-state index is 12.8. The number of benzene rings is 1. The van der Waals surface area contributed by atoms with E-state index in [9.17, 15) is 8.42 Å². The molecule has 0 amide bonds. The van der Waals surface area contributed by atoms with Gasteiger partial charge >= 0.3 is 0 Å². The first-order valence-electron chi connectivity index (χ1n) is 9.62. The predicted octanol–water partition coefficient (Wildman–Crippen LogP) is 2.89. The van der Waals surface area contributed by atoms with E-state index >= 15 is 0 Å². The molecule has 4 rings (SSSR count). The lowest BCUT2D eigenvalue weighted by atomic mass is 9.99. The van der Waals surface area contributed by atoms with Gasteiger partial charge in [-0.15, -0.1) is 0 Å². The first-order valence-corrected chi connectivity index (χ1v) is 11.1. The molecule has 0 radical (unpaired) electrons. The van der Waals surface area contributed by atoms with Crippen LogP contribution in [-0.2, 0) is 15.6 Å². The zero-order chi connectivity index (χ0) is 19.1. The number of aromatic nitrogens is 2. The Labute approximate surface area is 160 Å². The second kappa shape index (κ2) is 7.00. The molecular formula is C19H26N4O3S. The molecule has 1 saturated heterocycles. The fourth-order valence-corrected chi connectivity index (χ4v) is 5.39. The molecule has 2 heterocycles. The lowest BCUT2D eigenvalue weighted by Gasteiger charge is -2.29. The normalized spacial score (nSPS) is 21.6. The van der Waals surface area contributed by atoms with E-state index in [-0.39, 0.29) is 0 Å². The molecule has 1 aromatic carbocycles. The average Bonchev–Trinajstić information content (AvgIpc) is 3.32. The quantitative estimate of drug-likeness (QED) is 0.861. The Balaban J connectivity index is 1.53. The van der Waals surface area contributed by atoms with Crippen LogP contribution in [0.1, 0.15) is 51.3 Å². The predicted molar refractivity (Wildman–Crippen MR) is 101 cm³/mol. The van der Waals surface area contributed by atoms with Gasteiger partial charge in [-0.25, -0.2) is 8.42 Å². The van der Waals surface area contributed by atoms with Crippen LogP contribution < -0.4 is 5.73 Å². The molecule has 0 bridgehead atoms. The van der Waals surface area contributed by atoms with Gasteiger partial charge in [0.15, 0.2) is 5.82 Å². The molecular weight excluding hydrogens is 364 g/mol. The highest BCUT2D eigenvalue weighted by atomic mass is 32.2. The van der Waals surface area contributed by atoms with Crippen molar-refractivity contribution in [1.82, 2.24) is 14.4 Å². The zero-order valence-electron chi connectivity index (χ0n) is 15.6. The highest BCUT2D eigenvalue weighted by Crippen LogP contribution is 2.35. The van der Waals surface area contributed by atoms with Gasteiger partial charge in [0, 0.05) is 18.7 Å². The second-order valence-corrected chi connectivity index (χ2v) is 9.84. The third kappa shape index (κ3) is 3.53. The molecule has 2 N–H and O–H groups in total. The van der Waals surface area contributed by atoms with Crippen LogP contribution in [0.5, 0.6) is 0 Å². The highest BCUT2D eigenvalue weighted by Gasteiger charge is 2.36. The topological polar surface area (TPSA) is 102 Å². The first-order chi connectivity index (χ1) is 12.9. The summed E-state index contributed by atoms with van der Waals surface area (Å²) in [6.45, 7) is 3.32. The minimum Gasteiger partial charge on any atom is -0.334 e. The van der Waals surface area contributed by atoms with Gasteiger partial charge in [0.05, 0.1) is 10.4 Å². The van der Waals surface area contributed by atoms with Crippen LogP contribution >= 0.6 is 0 Å². The van der Waals surface area contributed by atoms with E-state index in [1.54, 1.807) is 28.6 Å². The van der Waals surface area contributed by atoms with E-state index in [2.05, 4.69) is 17.1 Å². The smallest absolute Gasteiger partial charge is 0.257 e. The Morgan fingerprint density at radius 3 is 2.41 bits per heavy atom. The van der Waals surface area contributed by atoms with Crippen molar-refractivity contribution in [3.8, 4) is 11.5 Å². The number of sulfonamides is 1. The van der Waals surface area contributed by atoms with E-state index in [1.807, 2.05) is 0 Å². The molecule has 27 heavy (non-hydrogen) atoms. The van der Waals surface area contributed by atoms with Gasteiger partial charge in [-0.3, -0.25) is 0 Å². The Hall–Kier alpha value is -1.77. The van der Waals surface area contributed by atoms with Crippen LogP contribution in [0.3, 0.4) is 0 Å². The van der Waals surface area contributed by atoms with Gasteiger partial charge in [-0.05, 0) is 55.9 Å². The van der Waals surface area contributed by atoms with Crippen LogP contribution in [0, 0.1) is 5.92 Å². The minimum atomic E-state index is -3.46. The number of piperidine rings is 1. The lowest BCUT2D eigenvalue weighted by Crippen LogP contribution is -2.37. The van der Waals surface area contributed by atoms with Crippen LogP contribution in [-0.4, -0.2) is 36.0 Å². The van der Waals surface area contributed by atoms with Gasteiger partial charge in [0.2, 0.25) is 10.0 Å². The Kier molecular flexibility index (Phi) is 4.82. The molecule has 2 aromatic rings. The van der Waals surface area contributed by atoms with Crippen molar-refractivity contribution >= 4 is 10.0 Å². The largest absolute Gasteiger partial charge is 0.334 e. The van der Waals surface area contributed by atoms with Gasteiger partial charge < -0.3 is 10.3 Å². The van der Waals surface area contributed by atoms with E-state index < -0.39 is 15.6 Å². The number of nitrogens with two attached hydrogens (primary N) is 1. The average molecular weight is 391 g/mol. The standard InChI is InChI=1S/C19H26N4O3S/c1-14-8-12-23(13-9-14)27(24,25)16-6-4-15(5-7-16)17-21-18(22-26-17)19(20)10-2-3-11-19/h4-7,14H,2-3,8-13,20H2,1H3. The van der Waals surface area contributed by atoms with Crippen LogP contribution in [0.2, 0.25) is 0 Å². The molecule has 1 aliphatic heterocycles. The van der Waals surface area contributed by atoms with Gasteiger partial charge in [0.25, 0.3) is 5.89 Å². The van der Waals surface area contributed by atoms with E-state index in [0.717, 1.165) is 38.5 Å². The summed E-state index contributed by atoms with van der Waals surface area (Å²) in [6.07, 6.45) is 5.67. The molecule has 0 unspecified atom stereocenters. The molecule has 7 nitrogen and oxygen atoms in total. The number of hydrogen-bond donors (Lipinski definition) is 1. The zero-order valence-corrected chi connectivity index (χ0v) is 16.4. The summed E-state index contributed by atoms with van der Waals surface area (Å²) >= 11 is 0. The van der Waals surface area contributed by atoms with Crippen LogP contribution in [0.25, 0.3) is 11.5 Å². The van der Waals surface area contributed by atoms with E-state index in [0.29, 0.717) is 41.2 Å². The monoisotopic (exact) mass is 390 g/mol. The SMILES string of the molecule is CC1CCN(S(=O)(=O)c2ccc(-c3nc(C4(N)CCCC4)no3)cc2)CC1. The van der Waals surface area contributed by atoms with Crippen molar-refractivity contribution in [2.75, 3.05) is 13.1 Å². The molecule has 1 aromatic heterocycles. The molecule has 1 aliphatic carbocycles. The number of hydrogen-bond acceptors (Lipinski definition) is 6. The number of rotatable bonds is 4. The molecule has 1 saturated carbocycles. The maximum absolute atomic E-state index is 12.8. The molecule has 2 fully saturated rings. The Morgan fingerprint density at radius 1 is 1.15 bits per heavy atom. The summed E-state index contributed by atoms with van der Waals surface area (Å²) in [6, 6.07) is 6.66. The van der Waals surface area contributed by atoms with Crippen LogP contribution in [0.4, 0.5) is 0 Å². The summed E-state index contributed by atoms with van der Waals surface area (Å²) in [5.41, 5.74) is 6.57. The molecule has 146 valence electrons. The van der Waals surface area contributed by atoms with Gasteiger partial charge in [-0.2, -0.15) is 9.29 Å². The van der Waals surface area contributed by atoms with Crippen molar-refractivity contribution in [1.29, 1.82) is 0 Å². The Bertz CT molecular complexity index is 893. The summed E-state index contributed by atoms with van der Waals surface area (Å²) < 4.78 is 32.6. The van der Waals surface area contributed by atoms with Gasteiger partial charge in [-0.1, -0.05) is 24.9 Å². The van der Waals surface area contributed by atoms with Gasteiger partial charge in [0.1, 0.15) is 0 Å². The van der Waals surface area contributed by atoms with E-state index in [4.69, 9.17) is 10.3 Å². The van der Waals surface area contributed by atoms with Crippen molar-refractivity contribution in [3.63, 3.8) is 0 Å². The fourth-order valence-electron chi connectivity index (χ4n) is 3.92. The Morgan fingerprint density at radius 2 is 1.78 bits per heavy atom. The summed E-state index contributed by atoms with van der Waals surface area (Å²) in [5.74, 6) is 1.49. The third-order valence-corrected chi connectivity index (χ3v) is 7.76. The van der Waals surface area contributed by atoms with Crippen LogP contribution in [0.15, 0.2) is 33.7 Å². The molecule has 0 atom stereocenters. The van der Waals surface area contributed by atoms with Crippen molar-refractivity contribution in [3.05, 3.63) is 30.1 Å². The summed E-state index contributed by atoms with van der Waals surface area (Å²) in [5, 5.41) is 4.06. The van der Waals surface area contributed by atoms with Crippen molar-refractivity contribution < 1.29 is 12.9 Å². The first kappa shape index (κ1) is 18.6. The third-order valence-electron chi connectivity index (χ3n) is 5.85. The minimum absolute atomic E-state index is 0.298. The van der Waals surface area contributed by atoms with Crippen molar-refractivity contribution in [2.24, 2.45) is 11.7 Å². The van der Waals surface area contributed by atoms with Crippen molar-refractivity contribution in [2.45, 2.75) is 55.9 Å². The molecule has 0 spiro atoms. The number of nitrogens with zero attached hydrogens (tertiary/aromatic N) is 3. The fraction of sp³-hybridized carbons (Fsp3) is 0.579. The summed E-state index contributed by atoms with van der Waals surface area (Å²) in [7, 11) is -3.46. The molecule has 2 aliphatic rings. The van der Waals surface area contributed by atoms with E-state index in [1.165, 1.54) is 0 Å². The molecule has 8 heteroatoms. The summed E-state index contributed by atoms with van der Waals surface area (Å²) in [4.78, 5) is 4.76.